The third kappa shape index (κ3) is 4.51. The highest BCUT2D eigenvalue weighted by molar-refractivity contribution is 6.07. The van der Waals surface area contributed by atoms with Crippen LogP contribution in [0.25, 0.3) is 0 Å². The third-order valence-electron chi connectivity index (χ3n) is 4.27. The van der Waals surface area contributed by atoms with Gasteiger partial charge in [0.25, 0.3) is 0 Å². The molecule has 1 aromatic heterocycles. The van der Waals surface area contributed by atoms with Gasteiger partial charge in [-0.15, -0.1) is 0 Å². The summed E-state index contributed by atoms with van der Waals surface area (Å²) in [6.45, 7) is 1.95. The van der Waals surface area contributed by atoms with Gasteiger partial charge in [-0.25, -0.2) is 0 Å². The maximum atomic E-state index is 12.6. The Bertz CT molecular complexity index is 541. The Morgan fingerprint density at radius 2 is 1.83 bits per heavy atom. The van der Waals surface area contributed by atoms with Crippen LogP contribution in [-0.2, 0) is 16.0 Å². The maximum absolute atomic E-state index is 12.6. The zero-order valence-corrected chi connectivity index (χ0v) is 14.2. The van der Waals surface area contributed by atoms with Crippen LogP contribution < -0.4 is 5.32 Å². The molecule has 1 aromatic rings. The molecule has 1 fully saturated rings. The van der Waals surface area contributed by atoms with E-state index < -0.39 is 5.41 Å². The maximum Gasteiger partial charge on any atom is 0.238 e. The van der Waals surface area contributed by atoms with E-state index in [2.05, 4.69) is 10.3 Å². The van der Waals surface area contributed by atoms with E-state index in [1.54, 1.807) is 24.3 Å². The highest BCUT2D eigenvalue weighted by Gasteiger charge is 2.57. The van der Waals surface area contributed by atoms with Crippen molar-refractivity contribution in [2.75, 3.05) is 40.8 Å². The van der Waals surface area contributed by atoms with Crippen LogP contribution in [0.2, 0.25) is 0 Å². The van der Waals surface area contributed by atoms with Crippen molar-refractivity contribution >= 4 is 11.8 Å². The lowest BCUT2D eigenvalue weighted by molar-refractivity contribution is -0.143. The molecule has 0 unspecified atom stereocenters. The summed E-state index contributed by atoms with van der Waals surface area (Å²) in [6, 6.07) is 3.89. The van der Waals surface area contributed by atoms with E-state index in [0.29, 0.717) is 25.9 Å². The molecule has 0 spiro atoms. The van der Waals surface area contributed by atoms with Gasteiger partial charge in [0.15, 0.2) is 0 Å². The van der Waals surface area contributed by atoms with Gasteiger partial charge in [0.1, 0.15) is 5.41 Å². The first-order valence-electron chi connectivity index (χ1n) is 8.03. The fourth-order valence-corrected chi connectivity index (χ4v) is 2.54. The van der Waals surface area contributed by atoms with Crippen molar-refractivity contribution in [3.8, 4) is 0 Å². The van der Waals surface area contributed by atoms with Crippen molar-refractivity contribution in [1.29, 1.82) is 0 Å². The molecule has 0 saturated heterocycles. The summed E-state index contributed by atoms with van der Waals surface area (Å²) >= 11 is 0. The molecule has 2 rings (SSSR count). The van der Waals surface area contributed by atoms with Gasteiger partial charge in [-0.05, 0) is 51.1 Å². The smallest absolute Gasteiger partial charge is 0.238 e. The number of rotatable bonds is 8. The lowest BCUT2D eigenvalue weighted by Gasteiger charge is -2.23. The molecular formula is C17H26N4O2. The van der Waals surface area contributed by atoms with Gasteiger partial charge in [0.2, 0.25) is 11.8 Å². The number of carbonyl (C=O) groups excluding carboxylic acids is 2. The number of nitrogens with zero attached hydrogens (tertiary/aromatic N) is 3. The Morgan fingerprint density at radius 1 is 1.17 bits per heavy atom. The van der Waals surface area contributed by atoms with Crippen molar-refractivity contribution in [2.45, 2.75) is 19.3 Å². The summed E-state index contributed by atoms with van der Waals surface area (Å²) < 4.78 is 0. The minimum absolute atomic E-state index is 0.0612. The summed E-state index contributed by atoms with van der Waals surface area (Å²) in [5.41, 5.74) is 0.319. The molecule has 1 heterocycles. The first-order chi connectivity index (χ1) is 11.0. The van der Waals surface area contributed by atoms with Gasteiger partial charge < -0.3 is 15.1 Å². The monoisotopic (exact) mass is 318 g/mol. The van der Waals surface area contributed by atoms with E-state index in [9.17, 15) is 9.59 Å². The van der Waals surface area contributed by atoms with Gasteiger partial charge in [-0.2, -0.15) is 0 Å². The summed E-state index contributed by atoms with van der Waals surface area (Å²) in [5.74, 6) is -0.186. The van der Waals surface area contributed by atoms with E-state index in [0.717, 1.165) is 18.5 Å². The van der Waals surface area contributed by atoms with Crippen molar-refractivity contribution in [1.82, 2.24) is 20.1 Å². The predicted octanol–water partition coefficient (Wildman–Crippen LogP) is 0.541. The zero-order valence-electron chi connectivity index (χ0n) is 14.2. The molecule has 1 aliphatic carbocycles. The molecule has 6 heteroatoms. The highest BCUT2D eigenvalue weighted by Crippen LogP contribution is 2.47. The minimum atomic E-state index is -0.820. The molecule has 0 atom stereocenters. The Hall–Kier alpha value is -1.95. The number of hydrogen-bond acceptors (Lipinski definition) is 4. The quantitative estimate of drug-likeness (QED) is 0.711. The number of hydrogen-bond donors (Lipinski definition) is 1. The summed E-state index contributed by atoms with van der Waals surface area (Å²) in [4.78, 5) is 32.6. The fourth-order valence-electron chi connectivity index (χ4n) is 2.54. The van der Waals surface area contributed by atoms with Gasteiger partial charge in [0, 0.05) is 39.1 Å². The van der Waals surface area contributed by atoms with Crippen LogP contribution in [0.5, 0.6) is 0 Å². The van der Waals surface area contributed by atoms with Crippen molar-refractivity contribution in [2.24, 2.45) is 5.41 Å². The van der Waals surface area contributed by atoms with Crippen LogP contribution in [-0.4, -0.2) is 67.4 Å². The van der Waals surface area contributed by atoms with E-state index >= 15 is 0 Å². The average molecular weight is 318 g/mol. The second kappa shape index (κ2) is 7.55. The Morgan fingerprint density at radius 3 is 2.39 bits per heavy atom. The van der Waals surface area contributed by atoms with Crippen molar-refractivity contribution in [3.63, 3.8) is 0 Å². The van der Waals surface area contributed by atoms with Gasteiger partial charge in [-0.1, -0.05) is 0 Å². The lowest BCUT2D eigenvalue weighted by Crippen LogP contribution is -2.45. The molecule has 0 aromatic carbocycles. The van der Waals surface area contributed by atoms with Crippen LogP contribution in [0, 0.1) is 5.41 Å². The molecule has 0 bridgehead atoms. The average Bonchev–Trinajstić information content (AvgIpc) is 3.34. The van der Waals surface area contributed by atoms with Gasteiger partial charge in [-0.3, -0.25) is 14.6 Å². The third-order valence-corrected chi connectivity index (χ3v) is 4.27. The number of pyridine rings is 1. The Labute approximate surface area is 137 Å². The summed E-state index contributed by atoms with van der Waals surface area (Å²) in [5, 5.41) is 2.89. The van der Waals surface area contributed by atoms with Crippen molar-refractivity contribution < 1.29 is 9.59 Å². The van der Waals surface area contributed by atoms with Crippen LogP contribution in [0.1, 0.15) is 18.4 Å². The van der Waals surface area contributed by atoms with Crippen LogP contribution in [0.4, 0.5) is 0 Å². The van der Waals surface area contributed by atoms with Crippen LogP contribution >= 0.6 is 0 Å². The summed E-state index contributed by atoms with van der Waals surface area (Å²) in [6.07, 6.45) is 5.57. The molecule has 1 saturated carbocycles. The molecular weight excluding hydrogens is 292 g/mol. The molecule has 6 nitrogen and oxygen atoms in total. The number of likely N-dealkylation sites (N-methyl/N-ethyl adjacent to an activating group) is 2. The standard InChI is InChI=1S/C17H26N4O2/c1-20(2)13-11-19-15(22)17(7-8-17)16(23)21(3)12-6-14-4-9-18-10-5-14/h4-5,9-10H,6-8,11-13H2,1-3H3,(H,19,22). The Balaban J connectivity index is 1.84. The topological polar surface area (TPSA) is 65.5 Å². The van der Waals surface area contributed by atoms with Gasteiger partial charge in [0.05, 0.1) is 0 Å². The predicted molar refractivity (Wildman–Crippen MR) is 88.8 cm³/mol. The van der Waals surface area contributed by atoms with E-state index in [4.69, 9.17) is 0 Å². The van der Waals surface area contributed by atoms with Crippen LogP contribution in [0.15, 0.2) is 24.5 Å². The molecule has 2 amide bonds. The molecule has 23 heavy (non-hydrogen) atoms. The second-order valence-corrected chi connectivity index (χ2v) is 6.47. The molecule has 1 N–H and O–H groups in total. The molecule has 0 radical (unpaired) electrons. The molecule has 1 aliphatic rings. The van der Waals surface area contributed by atoms with Gasteiger partial charge >= 0.3 is 0 Å². The molecule has 0 aliphatic heterocycles. The molecule has 126 valence electrons. The van der Waals surface area contributed by atoms with E-state index in [-0.39, 0.29) is 11.8 Å². The highest BCUT2D eigenvalue weighted by atomic mass is 16.2. The zero-order chi connectivity index (χ0) is 16.9. The summed E-state index contributed by atoms with van der Waals surface area (Å²) in [7, 11) is 5.69. The largest absolute Gasteiger partial charge is 0.354 e. The normalized spacial score (nSPS) is 15.3. The SMILES string of the molecule is CN(C)CCNC(=O)C1(C(=O)N(C)CCc2ccncc2)CC1. The lowest BCUT2D eigenvalue weighted by atomic mass is 10.0. The first-order valence-corrected chi connectivity index (χ1v) is 8.03. The first kappa shape index (κ1) is 17.4. The van der Waals surface area contributed by atoms with Crippen LogP contribution in [0.3, 0.4) is 0 Å². The van der Waals surface area contributed by atoms with Crippen molar-refractivity contribution in [3.05, 3.63) is 30.1 Å². The number of nitrogens with one attached hydrogen (secondary N) is 1. The van der Waals surface area contributed by atoms with E-state index in [1.807, 2.05) is 31.1 Å². The Kier molecular flexibility index (Phi) is 5.71. The second-order valence-electron chi connectivity index (χ2n) is 6.47. The number of carbonyl (C=O) groups is 2. The minimum Gasteiger partial charge on any atom is -0.354 e. The number of aromatic nitrogens is 1. The fraction of sp³-hybridized carbons (Fsp3) is 0.588. The van der Waals surface area contributed by atoms with E-state index in [1.165, 1.54) is 0 Å². The number of amides is 2.